The van der Waals surface area contributed by atoms with E-state index in [9.17, 15) is 13.6 Å². The molecular weight excluding hydrogens is 364 g/mol. The lowest BCUT2D eigenvalue weighted by Crippen LogP contribution is -2.15. The van der Waals surface area contributed by atoms with Crippen LogP contribution in [0, 0.1) is 18.6 Å². The molecule has 2 aromatic carbocycles. The zero-order valence-corrected chi connectivity index (χ0v) is 13.4. The van der Waals surface area contributed by atoms with Gasteiger partial charge in [-0.1, -0.05) is 17.7 Å². The molecule has 0 saturated carbocycles. The van der Waals surface area contributed by atoms with Gasteiger partial charge in [0.15, 0.2) is 0 Å². The second kappa shape index (κ2) is 6.54. The smallest absolute Gasteiger partial charge is 0.228 e. The first-order chi connectivity index (χ1) is 9.86. The molecule has 0 aliphatic rings. The van der Waals surface area contributed by atoms with E-state index in [2.05, 4.69) is 21.2 Å². The minimum Gasteiger partial charge on any atom is -0.325 e. The number of halogens is 4. The monoisotopic (exact) mass is 373 g/mol. The molecule has 110 valence electrons. The fraction of sp³-hybridized carbons (Fsp3) is 0.133. The van der Waals surface area contributed by atoms with Gasteiger partial charge in [0, 0.05) is 15.6 Å². The van der Waals surface area contributed by atoms with E-state index < -0.39 is 17.5 Å². The molecule has 0 atom stereocenters. The topological polar surface area (TPSA) is 29.1 Å². The van der Waals surface area contributed by atoms with Gasteiger partial charge in [0.1, 0.15) is 11.6 Å². The summed E-state index contributed by atoms with van der Waals surface area (Å²) in [7, 11) is 0. The number of anilines is 1. The van der Waals surface area contributed by atoms with Crippen LogP contribution in [0.2, 0.25) is 5.02 Å². The molecule has 0 aliphatic heterocycles. The van der Waals surface area contributed by atoms with Gasteiger partial charge in [0.25, 0.3) is 0 Å². The summed E-state index contributed by atoms with van der Waals surface area (Å²) in [5, 5.41) is 3.15. The number of hydrogen-bond donors (Lipinski definition) is 1. The minimum atomic E-state index is -0.744. The number of carbonyl (C=O) groups is 1. The Morgan fingerprint density at radius 2 is 2.00 bits per heavy atom. The largest absolute Gasteiger partial charge is 0.325 e. The van der Waals surface area contributed by atoms with Gasteiger partial charge in [-0.15, -0.1) is 0 Å². The molecule has 0 spiro atoms. The third kappa shape index (κ3) is 4.02. The molecule has 0 bridgehead atoms. The SMILES string of the molecule is Cc1cc(Br)c(NC(=O)Cc2ccc(F)cc2F)cc1Cl. The van der Waals surface area contributed by atoms with Crippen molar-refractivity contribution in [3.05, 3.63) is 62.6 Å². The van der Waals surface area contributed by atoms with Gasteiger partial charge >= 0.3 is 0 Å². The molecule has 0 aliphatic carbocycles. The van der Waals surface area contributed by atoms with Gasteiger partial charge in [0.05, 0.1) is 12.1 Å². The molecule has 2 aromatic rings. The van der Waals surface area contributed by atoms with Crippen LogP contribution in [0.25, 0.3) is 0 Å². The Hall–Kier alpha value is -1.46. The second-order valence-corrected chi connectivity index (χ2v) is 5.80. The maximum Gasteiger partial charge on any atom is 0.228 e. The Labute approximate surface area is 134 Å². The third-order valence-corrected chi connectivity index (χ3v) is 3.95. The Bertz CT molecular complexity index is 706. The summed E-state index contributed by atoms with van der Waals surface area (Å²) in [5.74, 6) is -1.84. The molecule has 2 rings (SSSR count). The molecule has 6 heteroatoms. The zero-order valence-electron chi connectivity index (χ0n) is 11.0. The highest BCUT2D eigenvalue weighted by atomic mass is 79.9. The van der Waals surface area contributed by atoms with Crippen LogP contribution in [0.3, 0.4) is 0 Å². The molecular formula is C15H11BrClF2NO. The highest BCUT2D eigenvalue weighted by Crippen LogP contribution is 2.29. The van der Waals surface area contributed by atoms with E-state index in [4.69, 9.17) is 11.6 Å². The lowest BCUT2D eigenvalue weighted by atomic mass is 10.1. The van der Waals surface area contributed by atoms with E-state index in [0.29, 0.717) is 15.2 Å². The Morgan fingerprint density at radius 1 is 1.29 bits per heavy atom. The third-order valence-electron chi connectivity index (χ3n) is 2.89. The molecule has 0 heterocycles. The minimum absolute atomic E-state index is 0.128. The van der Waals surface area contributed by atoms with Crippen molar-refractivity contribution in [2.45, 2.75) is 13.3 Å². The average Bonchev–Trinajstić information content (AvgIpc) is 2.39. The molecule has 0 fully saturated rings. The van der Waals surface area contributed by atoms with Crippen molar-refractivity contribution in [2.24, 2.45) is 0 Å². The molecule has 1 N–H and O–H groups in total. The lowest BCUT2D eigenvalue weighted by molar-refractivity contribution is -0.115. The summed E-state index contributed by atoms with van der Waals surface area (Å²) in [6.45, 7) is 1.84. The molecule has 0 unspecified atom stereocenters. The van der Waals surface area contributed by atoms with Crippen molar-refractivity contribution >= 4 is 39.1 Å². The molecule has 0 aromatic heterocycles. The summed E-state index contributed by atoms with van der Waals surface area (Å²) >= 11 is 9.32. The van der Waals surface area contributed by atoms with Gasteiger partial charge in [-0.2, -0.15) is 0 Å². The highest BCUT2D eigenvalue weighted by molar-refractivity contribution is 9.10. The van der Waals surface area contributed by atoms with Gasteiger partial charge < -0.3 is 5.32 Å². The van der Waals surface area contributed by atoms with Crippen LogP contribution in [0.1, 0.15) is 11.1 Å². The van der Waals surface area contributed by atoms with Gasteiger partial charge in [-0.25, -0.2) is 8.78 Å². The molecule has 0 radical (unpaired) electrons. The number of hydrogen-bond acceptors (Lipinski definition) is 1. The molecule has 1 amide bonds. The fourth-order valence-corrected chi connectivity index (χ4v) is 2.50. The number of aryl methyl sites for hydroxylation is 1. The highest BCUT2D eigenvalue weighted by Gasteiger charge is 2.12. The summed E-state index contributed by atoms with van der Waals surface area (Å²) in [4.78, 5) is 11.9. The van der Waals surface area contributed by atoms with Crippen LogP contribution in [0.15, 0.2) is 34.8 Å². The van der Waals surface area contributed by atoms with Crippen LogP contribution in [0.5, 0.6) is 0 Å². The van der Waals surface area contributed by atoms with E-state index >= 15 is 0 Å². The maximum atomic E-state index is 13.5. The Morgan fingerprint density at radius 3 is 2.67 bits per heavy atom. The predicted octanol–water partition coefficient (Wildman–Crippen LogP) is 4.87. The number of nitrogens with one attached hydrogen (secondary N) is 1. The summed E-state index contributed by atoms with van der Waals surface area (Å²) in [6.07, 6.45) is -0.190. The van der Waals surface area contributed by atoms with Gasteiger partial charge in [-0.05, 0) is 52.2 Å². The number of amides is 1. The van der Waals surface area contributed by atoms with Crippen molar-refractivity contribution in [1.82, 2.24) is 0 Å². The van der Waals surface area contributed by atoms with Crippen molar-refractivity contribution in [3.63, 3.8) is 0 Å². The van der Waals surface area contributed by atoms with Crippen LogP contribution in [-0.4, -0.2) is 5.91 Å². The number of carbonyl (C=O) groups excluding carboxylic acids is 1. The van der Waals surface area contributed by atoms with Crippen LogP contribution in [0.4, 0.5) is 14.5 Å². The van der Waals surface area contributed by atoms with E-state index in [1.54, 1.807) is 12.1 Å². The number of rotatable bonds is 3. The van der Waals surface area contributed by atoms with Crippen LogP contribution >= 0.6 is 27.5 Å². The first-order valence-electron chi connectivity index (χ1n) is 6.06. The Balaban J connectivity index is 2.13. The van der Waals surface area contributed by atoms with E-state index in [-0.39, 0.29) is 12.0 Å². The lowest BCUT2D eigenvalue weighted by Gasteiger charge is -2.10. The maximum absolute atomic E-state index is 13.5. The van der Waals surface area contributed by atoms with Gasteiger partial charge in [-0.3, -0.25) is 4.79 Å². The molecule has 0 saturated heterocycles. The van der Waals surface area contributed by atoms with Crippen molar-refractivity contribution in [2.75, 3.05) is 5.32 Å². The first-order valence-corrected chi connectivity index (χ1v) is 7.23. The predicted molar refractivity (Wildman–Crippen MR) is 82.6 cm³/mol. The second-order valence-electron chi connectivity index (χ2n) is 4.54. The first kappa shape index (κ1) is 15.9. The zero-order chi connectivity index (χ0) is 15.6. The van der Waals surface area contributed by atoms with Crippen molar-refractivity contribution in [3.8, 4) is 0 Å². The van der Waals surface area contributed by atoms with Crippen LogP contribution < -0.4 is 5.32 Å². The van der Waals surface area contributed by atoms with Crippen molar-refractivity contribution in [1.29, 1.82) is 0 Å². The molecule has 21 heavy (non-hydrogen) atoms. The van der Waals surface area contributed by atoms with Crippen LogP contribution in [-0.2, 0) is 11.2 Å². The summed E-state index contributed by atoms with van der Waals surface area (Å²) in [6, 6.07) is 6.50. The standard InChI is InChI=1S/C15H11BrClF2NO/c1-8-4-11(16)14(7-12(8)17)20-15(21)5-9-2-3-10(18)6-13(9)19/h2-4,6-7H,5H2,1H3,(H,20,21). The quantitative estimate of drug-likeness (QED) is 0.816. The van der Waals surface area contributed by atoms with E-state index in [1.807, 2.05) is 6.92 Å². The van der Waals surface area contributed by atoms with E-state index in [1.165, 1.54) is 6.07 Å². The molecule has 2 nitrogen and oxygen atoms in total. The summed E-state index contributed by atoms with van der Waals surface area (Å²) in [5.41, 5.74) is 1.49. The fourth-order valence-electron chi connectivity index (χ4n) is 1.77. The van der Waals surface area contributed by atoms with E-state index in [0.717, 1.165) is 17.7 Å². The summed E-state index contributed by atoms with van der Waals surface area (Å²) < 4.78 is 27.0. The van der Waals surface area contributed by atoms with Gasteiger partial charge in [0.2, 0.25) is 5.91 Å². The number of benzene rings is 2. The normalized spacial score (nSPS) is 10.5. The average molecular weight is 375 g/mol. The Kier molecular flexibility index (Phi) is 4.96. The van der Waals surface area contributed by atoms with Crippen molar-refractivity contribution < 1.29 is 13.6 Å².